The van der Waals surface area contributed by atoms with E-state index in [0.29, 0.717) is 12.0 Å². The zero-order chi connectivity index (χ0) is 17.9. The van der Waals surface area contributed by atoms with Crippen molar-refractivity contribution in [2.45, 2.75) is 57.1 Å². The molecule has 4 rings (SSSR count). The van der Waals surface area contributed by atoms with Crippen LogP contribution in [0, 0.1) is 17.7 Å². The van der Waals surface area contributed by atoms with E-state index in [-0.39, 0.29) is 23.7 Å². The van der Waals surface area contributed by atoms with Crippen LogP contribution in [0.4, 0.5) is 4.39 Å². The highest BCUT2D eigenvalue weighted by atomic mass is 19.1. The van der Waals surface area contributed by atoms with Crippen LogP contribution in [0.25, 0.3) is 0 Å². The van der Waals surface area contributed by atoms with E-state index in [1.165, 1.54) is 37.8 Å². The molecule has 3 fully saturated rings. The van der Waals surface area contributed by atoms with E-state index < -0.39 is 0 Å². The summed E-state index contributed by atoms with van der Waals surface area (Å²) < 4.78 is 18.9. The van der Waals surface area contributed by atoms with Crippen molar-refractivity contribution in [3.05, 3.63) is 30.1 Å². The zero-order valence-electron chi connectivity index (χ0n) is 15.3. The molecule has 1 amide bonds. The molecule has 1 N–H and O–H groups in total. The Labute approximate surface area is 155 Å². The van der Waals surface area contributed by atoms with Crippen LogP contribution >= 0.6 is 0 Å². The molecule has 0 bridgehead atoms. The van der Waals surface area contributed by atoms with Gasteiger partial charge in [0.2, 0.25) is 5.91 Å². The molecule has 3 aliphatic rings. The second-order valence-electron chi connectivity index (χ2n) is 8.07. The molecule has 3 atom stereocenters. The van der Waals surface area contributed by atoms with Gasteiger partial charge in [-0.05, 0) is 68.8 Å². The van der Waals surface area contributed by atoms with Crippen LogP contribution in [0.1, 0.15) is 44.9 Å². The first-order valence-corrected chi connectivity index (χ1v) is 10.1. The van der Waals surface area contributed by atoms with E-state index in [4.69, 9.17) is 4.74 Å². The summed E-state index contributed by atoms with van der Waals surface area (Å²) in [5.41, 5.74) is 0. The largest absolute Gasteiger partial charge is 0.490 e. The van der Waals surface area contributed by atoms with Crippen molar-refractivity contribution in [3.8, 4) is 5.75 Å². The van der Waals surface area contributed by atoms with Crippen molar-refractivity contribution in [2.24, 2.45) is 11.8 Å². The average Bonchev–Trinajstić information content (AvgIpc) is 2.98. The molecular formula is C21H29FN2O2. The van der Waals surface area contributed by atoms with Gasteiger partial charge in [0.15, 0.2) is 0 Å². The van der Waals surface area contributed by atoms with Crippen LogP contribution in [0.15, 0.2) is 24.3 Å². The standard InChI is InChI=1S/C21H29FN2O2/c22-15-5-7-16(8-6-15)26-17-9-12-24(13-10-17)14-11-19-18-3-1-2-4-20(18)23-21(19)25/h5-8,17-20H,1-4,9-14H2,(H,23,25)/t18-,19?,20+/m0/s1. The van der Waals surface area contributed by atoms with Crippen molar-refractivity contribution >= 4 is 5.91 Å². The molecule has 1 unspecified atom stereocenters. The third-order valence-corrected chi connectivity index (χ3v) is 6.41. The molecule has 1 aromatic rings. The fraction of sp³-hybridized carbons (Fsp3) is 0.667. The lowest BCUT2D eigenvalue weighted by Crippen LogP contribution is -2.39. The van der Waals surface area contributed by atoms with Crippen molar-refractivity contribution in [1.29, 1.82) is 0 Å². The number of nitrogens with zero attached hydrogens (tertiary/aromatic N) is 1. The number of benzene rings is 1. The number of hydrogen-bond acceptors (Lipinski definition) is 3. The van der Waals surface area contributed by atoms with E-state index in [0.717, 1.165) is 44.6 Å². The van der Waals surface area contributed by atoms with E-state index in [2.05, 4.69) is 10.2 Å². The second kappa shape index (κ2) is 7.95. The van der Waals surface area contributed by atoms with Gasteiger partial charge in [0, 0.05) is 25.0 Å². The summed E-state index contributed by atoms with van der Waals surface area (Å²) in [6.45, 7) is 3.02. The predicted octanol–water partition coefficient (Wildman–Crippen LogP) is 3.36. The van der Waals surface area contributed by atoms with Gasteiger partial charge in [-0.3, -0.25) is 4.79 Å². The maximum atomic E-state index is 13.0. The molecule has 1 aromatic carbocycles. The summed E-state index contributed by atoms with van der Waals surface area (Å²) in [6, 6.07) is 6.71. The number of piperidine rings is 1. The van der Waals surface area contributed by atoms with Gasteiger partial charge in [0.1, 0.15) is 17.7 Å². The van der Waals surface area contributed by atoms with E-state index in [1.54, 1.807) is 12.1 Å². The van der Waals surface area contributed by atoms with Gasteiger partial charge >= 0.3 is 0 Å². The topological polar surface area (TPSA) is 41.6 Å². The Morgan fingerprint density at radius 2 is 1.81 bits per heavy atom. The number of halogens is 1. The highest BCUT2D eigenvalue weighted by Crippen LogP contribution is 2.37. The highest BCUT2D eigenvalue weighted by Gasteiger charge is 2.42. The first kappa shape index (κ1) is 17.8. The summed E-state index contributed by atoms with van der Waals surface area (Å²) in [6.07, 6.45) is 8.07. The highest BCUT2D eigenvalue weighted by molar-refractivity contribution is 5.81. The summed E-state index contributed by atoms with van der Waals surface area (Å²) in [5, 5.41) is 3.23. The number of rotatable bonds is 5. The molecule has 0 aromatic heterocycles. The molecule has 26 heavy (non-hydrogen) atoms. The van der Waals surface area contributed by atoms with Gasteiger partial charge in [-0.1, -0.05) is 12.8 Å². The summed E-state index contributed by atoms with van der Waals surface area (Å²) in [7, 11) is 0. The normalized spacial score (nSPS) is 30.0. The first-order valence-electron chi connectivity index (χ1n) is 10.1. The van der Waals surface area contributed by atoms with Gasteiger partial charge < -0.3 is 15.0 Å². The molecule has 1 aliphatic carbocycles. The van der Waals surface area contributed by atoms with Crippen LogP contribution < -0.4 is 10.1 Å². The first-order chi connectivity index (χ1) is 12.7. The van der Waals surface area contributed by atoms with Crippen LogP contribution in [0.2, 0.25) is 0 Å². The lowest BCUT2D eigenvalue weighted by atomic mass is 9.78. The number of ether oxygens (including phenoxy) is 1. The monoisotopic (exact) mass is 360 g/mol. The quantitative estimate of drug-likeness (QED) is 0.875. The van der Waals surface area contributed by atoms with Gasteiger partial charge in [0.05, 0.1) is 0 Å². The molecule has 2 heterocycles. The minimum atomic E-state index is -0.233. The van der Waals surface area contributed by atoms with Gasteiger partial charge in [-0.2, -0.15) is 0 Å². The number of fused-ring (bicyclic) bond motifs is 1. The third kappa shape index (κ3) is 4.03. The minimum Gasteiger partial charge on any atom is -0.490 e. The maximum absolute atomic E-state index is 13.0. The number of hydrogen-bond donors (Lipinski definition) is 1. The van der Waals surface area contributed by atoms with Crippen LogP contribution in [0.5, 0.6) is 5.75 Å². The Morgan fingerprint density at radius 1 is 1.08 bits per heavy atom. The number of carbonyl (C=O) groups is 1. The smallest absolute Gasteiger partial charge is 0.223 e. The number of likely N-dealkylation sites (tertiary alicyclic amines) is 1. The molecule has 1 saturated carbocycles. The minimum absolute atomic E-state index is 0.203. The number of carbonyl (C=O) groups excluding carboxylic acids is 1. The molecule has 0 radical (unpaired) electrons. The lowest BCUT2D eigenvalue weighted by molar-refractivity contribution is -0.123. The molecule has 2 saturated heterocycles. The van der Waals surface area contributed by atoms with Crippen LogP contribution in [-0.4, -0.2) is 42.6 Å². The van der Waals surface area contributed by atoms with Crippen LogP contribution in [0.3, 0.4) is 0 Å². The number of amides is 1. The Hall–Kier alpha value is -1.62. The predicted molar refractivity (Wildman–Crippen MR) is 98.5 cm³/mol. The molecule has 0 spiro atoms. The zero-order valence-corrected chi connectivity index (χ0v) is 15.3. The van der Waals surface area contributed by atoms with Gasteiger partial charge in [-0.25, -0.2) is 4.39 Å². The Balaban J connectivity index is 1.21. The molecule has 4 nitrogen and oxygen atoms in total. The van der Waals surface area contributed by atoms with Crippen LogP contribution in [-0.2, 0) is 4.79 Å². The van der Waals surface area contributed by atoms with Crippen molar-refractivity contribution in [3.63, 3.8) is 0 Å². The average molecular weight is 360 g/mol. The summed E-state index contributed by atoms with van der Waals surface area (Å²) in [5.74, 6) is 1.58. The molecular weight excluding hydrogens is 331 g/mol. The van der Waals surface area contributed by atoms with E-state index in [9.17, 15) is 9.18 Å². The molecule has 2 aliphatic heterocycles. The Kier molecular flexibility index (Phi) is 5.44. The summed E-state index contributed by atoms with van der Waals surface area (Å²) in [4.78, 5) is 14.8. The van der Waals surface area contributed by atoms with Crippen molar-refractivity contribution in [1.82, 2.24) is 10.2 Å². The van der Waals surface area contributed by atoms with Gasteiger partial charge in [-0.15, -0.1) is 0 Å². The molecule has 142 valence electrons. The van der Waals surface area contributed by atoms with E-state index in [1.807, 2.05) is 0 Å². The number of nitrogens with one attached hydrogen (secondary N) is 1. The maximum Gasteiger partial charge on any atom is 0.223 e. The van der Waals surface area contributed by atoms with Crippen molar-refractivity contribution in [2.75, 3.05) is 19.6 Å². The Bertz CT molecular complexity index is 613. The van der Waals surface area contributed by atoms with Crippen molar-refractivity contribution < 1.29 is 13.9 Å². The SMILES string of the molecule is O=C1N[C@@H]2CCCC[C@H]2C1CCN1CCC(Oc2ccc(F)cc2)CC1. The lowest BCUT2D eigenvalue weighted by Gasteiger charge is -2.33. The fourth-order valence-corrected chi connectivity index (χ4v) is 4.93. The van der Waals surface area contributed by atoms with Gasteiger partial charge in [0.25, 0.3) is 0 Å². The van der Waals surface area contributed by atoms with E-state index >= 15 is 0 Å². The Morgan fingerprint density at radius 3 is 2.58 bits per heavy atom. The second-order valence-corrected chi connectivity index (χ2v) is 8.07. The fourth-order valence-electron chi connectivity index (χ4n) is 4.93. The summed E-state index contributed by atoms with van der Waals surface area (Å²) >= 11 is 0. The molecule has 5 heteroatoms. The third-order valence-electron chi connectivity index (χ3n) is 6.41.